The Kier molecular flexibility index (Phi) is 7.14. The van der Waals surface area contributed by atoms with Gasteiger partial charge in [0.25, 0.3) is 0 Å². The summed E-state index contributed by atoms with van der Waals surface area (Å²) in [6.45, 7) is 6.10. The molecule has 2 aromatic rings. The van der Waals surface area contributed by atoms with Crippen LogP contribution < -0.4 is 9.64 Å². The molecule has 2 aliphatic rings. The fourth-order valence-corrected chi connectivity index (χ4v) is 5.29. The van der Waals surface area contributed by atoms with Crippen LogP contribution in [0.15, 0.2) is 36.7 Å². The Morgan fingerprint density at radius 3 is 2.30 bits per heavy atom. The molecule has 0 saturated carbocycles. The predicted molar refractivity (Wildman–Crippen MR) is 127 cm³/mol. The van der Waals surface area contributed by atoms with Crippen molar-refractivity contribution in [2.24, 2.45) is 5.92 Å². The summed E-state index contributed by atoms with van der Waals surface area (Å²) in [6, 6.07) is 9.83. The molecular formula is C23H31N5O4S. The topological polar surface area (TPSA) is 95.9 Å². The second-order valence-corrected chi connectivity index (χ2v) is 10.4. The number of benzene rings is 1. The van der Waals surface area contributed by atoms with Gasteiger partial charge in [0.15, 0.2) is 0 Å². The minimum atomic E-state index is -3.18. The van der Waals surface area contributed by atoms with Crippen LogP contribution in [0.5, 0.6) is 5.75 Å². The first-order valence-electron chi connectivity index (χ1n) is 11.4. The fourth-order valence-electron chi connectivity index (χ4n) is 4.41. The van der Waals surface area contributed by atoms with E-state index in [4.69, 9.17) is 4.74 Å². The summed E-state index contributed by atoms with van der Waals surface area (Å²) < 4.78 is 30.4. The molecule has 0 bridgehead atoms. The van der Waals surface area contributed by atoms with E-state index < -0.39 is 10.0 Å². The van der Waals surface area contributed by atoms with Gasteiger partial charge < -0.3 is 14.5 Å². The maximum Gasteiger partial charge on any atom is 0.225 e. The molecule has 0 aliphatic carbocycles. The number of nitrogens with zero attached hydrogens (tertiary/aromatic N) is 5. The first-order valence-corrected chi connectivity index (χ1v) is 13.2. The van der Waals surface area contributed by atoms with Crippen molar-refractivity contribution in [1.29, 1.82) is 0 Å². The van der Waals surface area contributed by atoms with Crippen molar-refractivity contribution in [2.75, 3.05) is 57.0 Å². The lowest BCUT2D eigenvalue weighted by molar-refractivity contribution is -0.137. The standard InChI is InChI=1S/C23H31N5O4S/c1-3-32-20-6-4-18(5-7-20)21-16-22(25-17-24-21)26-12-14-27(15-13-26)23(29)19-8-10-28(11-9-19)33(2,30)31/h4-7,16-17,19H,3,8-15H2,1-2H3. The van der Waals surface area contributed by atoms with Crippen molar-refractivity contribution in [3.8, 4) is 17.0 Å². The fraction of sp³-hybridized carbons (Fsp3) is 0.522. The maximum absolute atomic E-state index is 13.0. The molecule has 0 atom stereocenters. The number of carbonyl (C=O) groups is 1. The third kappa shape index (κ3) is 5.62. The Morgan fingerprint density at radius 1 is 1.03 bits per heavy atom. The monoisotopic (exact) mass is 473 g/mol. The van der Waals surface area contributed by atoms with Gasteiger partial charge in [0.1, 0.15) is 17.9 Å². The normalized spacial score (nSPS) is 18.4. The van der Waals surface area contributed by atoms with E-state index in [1.165, 1.54) is 10.6 Å². The summed E-state index contributed by atoms with van der Waals surface area (Å²) in [7, 11) is -3.18. The van der Waals surface area contributed by atoms with Gasteiger partial charge in [-0.3, -0.25) is 4.79 Å². The van der Waals surface area contributed by atoms with Crippen LogP contribution in [0.1, 0.15) is 19.8 Å². The van der Waals surface area contributed by atoms with Gasteiger partial charge in [-0.05, 0) is 44.0 Å². The SMILES string of the molecule is CCOc1ccc(-c2cc(N3CCN(C(=O)C4CCN(S(C)(=O)=O)CC4)CC3)ncn2)cc1. The van der Waals surface area contributed by atoms with Gasteiger partial charge in [-0.25, -0.2) is 22.7 Å². The van der Waals surface area contributed by atoms with Crippen LogP contribution in [0.3, 0.4) is 0 Å². The van der Waals surface area contributed by atoms with Crippen LogP contribution in [-0.4, -0.2) is 85.6 Å². The average molecular weight is 474 g/mol. The quantitative estimate of drug-likeness (QED) is 0.632. The van der Waals surface area contributed by atoms with Crippen molar-refractivity contribution >= 4 is 21.7 Å². The number of amides is 1. The smallest absolute Gasteiger partial charge is 0.225 e. The molecule has 1 amide bonds. The molecule has 2 fully saturated rings. The van der Waals surface area contributed by atoms with Crippen molar-refractivity contribution in [3.05, 3.63) is 36.7 Å². The minimum Gasteiger partial charge on any atom is -0.494 e. The minimum absolute atomic E-state index is 0.0973. The molecule has 3 heterocycles. The lowest BCUT2D eigenvalue weighted by Gasteiger charge is -2.38. The molecule has 0 spiro atoms. The Hall–Kier alpha value is -2.72. The lowest BCUT2D eigenvalue weighted by Crippen LogP contribution is -2.52. The Balaban J connectivity index is 1.33. The van der Waals surface area contributed by atoms with Gasteiger partial charge in [-0.1, -0.05) is 0 Å². The first kappa shape index (κ1) is 23.4. The third-order valence-corrected chi connectivity index (χ3v) is 7.60. The Bertz CT molecular complexity index is 1060. The van der Waals surface area contributed by atoms with E-state index in [9.17, 15) is 13.2 Å². The van der Waals surface area contributed by atoms with Gasteiger partial charge in [0, 0.05) is 56.8 Å². The summed E-state index contributed by atoms with van der Waals surface area (Å²) in [5.74, 6) is 1.72. The number of hydrogen-bond donors (Lipinski definition) is 0. The van der Waals surface area contributed by atoms with Crippen LogP contribution in [0.25, 0.3) is 11.3 Å². The molecule has 2 aliphatic heterocycles. The van der Waals surface area contributed by atoms with Crippen LogP contribution in [0.4, 0.5) is 5.82 Å². The van der Waals surface area contributed by atoms with Crippen molar-refractivity contribution in [2.45, 2.75) is 19.8 Å². The van der Waals surface area contributed by atoms with E-state index in [-0.39, 0.29) is 11.8 Å². The van der Waals surface area contributed by atoms with Crippen LogP contribution in [0, 0.1) is 5.92 Å². The maximum atomic E-state index is 13.0. The molecule has 0 N–H and O–H groups in total. The zero-order valence-corrected chi connectivity index (χ0v) is 20.0. The number of anilines is 1. The van der Waals surface area contributed by atoms with Crippen LogP contribution in [-0.2, 0) is 14.8 Å². The van der Waals surface area contributed by atoms with Crippen LogP contribution in [0.2, 0.25) is 0 Å². The average Bonchev–Trinajstić information content (AvgIpc) is 2.84. The summed E-state index contributed by atoms with van der Waals surface area (Å²) in [4.78, 5) is 25.9. The van der Waals surface area contributed by atoms with Crippen molar-refractivity contribution in [1.82, 2.24) is 19.2 Å². The summed E-state index contributed by atoms with van der Waals surface area (Å²) >= 11 is 0. The molecule has 178 valence electrons. The molecule has 33 heavy (non-hydrogen) atoms. The highest BCUT2D eigenvalue weighted by Crippen LogP contribution is 2.25. The second kappa shape index (κ2) is 10.0. The number of ether oxygens (including phenoxy) is 1. The number of aromatic nitrogens is 2. The zero-order chi connectivity index (χ0) is 23.4. The molecule has 4 rings (SSSR count). The van der Waals surface area contributed by atoms with Gasteiger partial charge in [-0.15, -0.1) is 0 Å². The highest BCUT2D eigenvalue weighted by Gasteiger charge is 2.32. The molecule has 1 aromatic heterocycles. The number of sulfonamides is 1. The van der Waals surface area contributed by atoms with E-state index >= 15 is 0 Å². The molecule has 0 radical (unpaired) electrons. The molecule has 9 nitrogen and oxygen atoms in total. The molecule has 1 aromatic carbocycles. The van der Waals surface area contributed by atoms with Gasteiger partial charge in [0.2, 0.25) is 15.9 Å². The van der Waals surface area contributed by atoms with Crippen molar-refractivity contribution in [3.63, 3.8) is 0 Å². The largest absolute Gasteiger partial charge is 0.494 e. The highest BCUT2D eigenvalue weighted by molar-refractivity contribution is 7.88. The second-order valence-electron chi connectivity index (χ2n) is 8.47. The van der Waals surface area contributed by atoms with Crippen LogP contribution >= 0.6 is 0 Å². The summed E-state index contributed by atoms with van der Waals surface area (Å²) in [6.07, 6.45) is 3.98. The van der Waals surface area contributed by atoms with E-state index in [0.717, 1.165) is 22.8 Å². The van der Waals surface area contributed by atoms with E-state index in [1.54, 1.807) is 6.33 Å². The Labute approximate surface area is 195 Å². The summed E-state index contributed by atoms with van der Waals surface area (Å²) in [5, 5.41) is 0. The van der Waals surface area contributed by atoms with E-state index in [1.807, 2.05) is 42.2 Å². The van der Waals surface area contributed by atoms with Gasteiger partial charge in [0.05, 0.1) is 18.6 Å². The highest BCUT2D eigenvalue weighted by atomic mass is 32.2. The number of piperidine rings is 1. The number of carbonyl (C=O) groups excluding carboxylic acids is 1. The summed E-state index contributed by atoms with van der Waals surface area (Å²) in [5.41, 5.74) is 1.84. The van der Waals surface area contributed by atoms with E-state index in [0.29, 0.717) is 58.7 Å². The molecule has 10 heteroatoms. The Morgan fingerprint density at radius 2 is 1.70 bits per heavy atom. The van der Waals surface area contributed by atoms with Crippen molar-refractivity contribution < 1.29 is 17.9 Å². The first-order chi connectivity index (χ1) is 15.8. The van der Waals surface area contributed by atoms with Gasteiger partial charge >= 0.3 is 0 Å². The predicted octanol–water partition coefficient (Wildman–Crippen LogP) is 1.86. The molecule has 2 saturated heterocycles. The number of piperazine rings is 1. The van der Waals surface area contributed by atoms with Gasteiger partial charge in [-0.2, -0.15) is 0 Å². The number of hydrogen-bond acceptors (Lipinski definition) is 7. The third-order valence-electron chi connectivity index (χ3n) is 6.30. The molecular weight excluding hydrogens is 442 g/mol. The lowest BCUT2D eigenvalue weighted by atomic mass is 9.96. The zero-order valence-electron chi connectivity index (χ0n) is 19.2. The van der Waals surface area contributed by atoms with E-state index in [2.05, 4.69) is 14.9 Å². The number of rotatable bonds is 6. The molecule has 0 unspecified atom stereocenters.